The molecule has 0 saturated carbocycles. The first-order valence-electron chi connectivity index (χ1n) is 14.0. The van der Waals surface area contributed by atoms with Crippen LogP contribution in [-0.4, -0.2) is 56.4 Å². The van der Waals surface area contributed by atoms with Crippen LogP contribution >= 0.6 is 11.8 Å². The summed E-state index contributed by atoms with van der Waals surface area (Å²) < 4.78 is -0.695. The number of benzene rings is 2. The highest BCUT2D eigenvalue weighted by Gasteiger charge is 2.74. The number of hydrogen-bond acceptors (Lipinski definition) is 5. The maximum Gasteiger partial charge on any atom is 0.248 e. The molecule has 2 unspecified atom stereocenters. The molecule has 5 rings (SSSR count). The fourth-order valence-electron chi connectivity index (χ4n) is 6.84. The van der Waals surface area contributed by atoms with Crippen molar-refractivity contribution >= 4 is 35.2 Å². The Labute approximate surface area is 235 Å². The van der Waals surface area contributed by atoms with Gasteiger partial charge in [0.05, 0.1) is 29.2 Å². The van der Waals surface area contributed by atoms with Crippen molar-refractivity contribution < 1.29 is 19.5 Å². The molecule has 3 aliphatic rings. The van der Waals surface area contributed by atoms with Crippen LogP contribution in [0.1, 0.15) is 49.8 Å². The van der Waals surface area contributed by atoms with Crippen molar-refractivity contribution in [3.05, 3.63) is 65.2 Å². The van der Waals surface area contributed by atoms with Crippen LogP contribution in [0.15, 0.2) is 48.5 Å². The number of nitrogens with one attached hydrogen (secondary N) is 2. The molecular weight excluding hydrogens is 510 g/mol. The molecule has 7 atom stereocenters. The van der Waals surface area contributed by atoms with Gasteiger partial charge in [-0.05, 0) is 55.4 Å². The molecule has 2 bridgehead atoms. The molecule has 0 aliphatic carbocycles. The fraction of sp³-hybridized carbons (Fsp3) is 0.516. The number of amides is 3. The molecule has 2 aromatic carbocycles. The van der Waals surface area contributed by atoms with Crippen molar-refractivity contribution in [1.82, 2.24) is 10.2 Å². The van der Waals surface area contributed by atoms with E-state index in [0.29, 0.717) is 13.0 Å². The van der Waals surface area contributed by atoms with E-state index in [0.717, 1.165) is 35.2 Å². The Hall–Kier alpha value is -2.84. The summed E-state index contributed by atoms with van der Waals surface area (Å²) in [6.45, 7) is 8.13. The molecule has 39 heavy (non-hydrogen) atoms. The molecule has 3 N–H and O–H groups in total. The highest BCUT2D eigenvalue weighted by Crippen LogP contribution is 2.66. The van der Waals surface area contributed by atoms with E-state index in [-0.39, 0.29) is 35.5 Å². The van der Waals surface area contributed by atoms with E-state index in [1.165, 1.54) is 0 Å². The van der Waals surface area contributed by atoms with E-state index < -0.39 is 28.7 Å². The first kappa shape index (κ1) is 27.7. The first-order chi connectivity index (χ1) is 18.7. The van der Waals surface area contributed by atoms with Gasteiger partial charge in [-0.25, -0.2) is 0 Å². The smallest absolute Gasteiger partial charge is 0.248 e. The van der Waals surface area contributed by atoms with Crippen molar-refractivity contribution in [2.45, 2.75) is 75.6 Å². The third-order valence-electron chi connectivity index (χ3n) is 9.09. The molecule has 3 amide bonds. The maximum atomic E-state index is 14.3. The quantitative estimate of drug-likeness (QED) is 0.438. The Morgan fingerprint density at radius 1 is 1.15 bits per heavy atom. The standard InChI is InChI=1S/C31H39N3O4S/c1-5-19(3)23(17-35)34-27(29(37)33-22-15-18(2)11-12-20(22)4)31-14-13-24(39-31)25(26(31)30(34)38)28(36)32-16-21-9-7-6-8-10-21/h6-12,15,19,23-27,35H,5,13-14,16-17H2,1-4H3,(H,32,36)(H,33,37)/t19-,23-,24+,25-,26-,27?,31?/m0/s1. The lowest BCUT2D eigenvalue weighted by Crippen LogP contribution is -2.56. The number of aliphatic hydroxyl groups is 1. The summed E-state index contributed by atoms with van der Waals surface area (Å²) in [7, 11) is 0. The minimum atomic E-state index is -0.761. The topological polar surface area (TPSA) is 98.7 Å². The van der Waals surface area contributed by atoms with Crippen LogP contribution in [0.25, 0.3) is 0 Å². The van der Waals surface area contributed by atoms with Crippen LogP contribution in [0.4, 0.5) is 5.69 Å². The number of nitrogens with zero attached hydrogens (tertiary/aromatic N) is 1. The molecule has 2 aromatic rings. The summed E-state index contributed by atoms with van der Waals surface area (Å²) >= 11 is 1.65. The molecule has 208 valence electrons. The lowest BCUT2D eigenvalue weighted by atomic mass is 9.70. The largest absolute Gasteiger partial charge is 0.394 e. The van der Waals surface area contributed by atoms with Crippen LogP contribution < -0.4 is 10.6 Å². The maximum absolute atomic E-state index is 14.3. The van der Waals surface area contributed by atoms with E-state index in [1.54, 1.807) is 16.7 Å². The Kier molecular flexibility index (Phi) is 7.80. The molecule has 1 spiro atoms. The normalized spacial score (nSPS) is 28.7. The minimum absolute atomic E-state index is 0.00209. The number of carbonyl (C=O) groups excluding carboxylic acids is 3. The van der Waals surface area contributed by atoms with Gasteiger partial charge in [-0.15, -0.1) is 11.8 Å². The average molecular weight is 550 g/mol. The molecular formula is C31H39N3O4S. The van der Waals surface area contributed by atoms with Crippen molar-refractivity contribution in [2.75, 3.05) is 11.9 Å². The summed E-state index contributed by atoms with van der Waals surface area (Å²) in [5.41, 5.74) is 3.70. The predicted molar refractivity (Wildman–Crippen MR) is 154 cm³/mol. The Bertz CT molecular complexity index is 1250. The summed E-state index contributed by atoms with van der Waals surface area (Å²) in [6.07, 6.45) is 2.24. The monoisotopic (exact) mass is 549 g/mol. The molecule has 3 heterocycles. The number of carbonyl (C=O) groups is 3. The van der Waals surface area contributed by atoms with Gasteiger partial charge < -0.3 is 20.6 Å². The number of fused-ring (bicyclic) bond motifs is 1. The Balaban J connectivity index is 1.49. The first-order valence-corrected chi connectivity index (χ1v) is 14.9. The van der Waals surface area contributed by atoms with Crippen LogP contribution in [0.5, 0.6) is 0 Å². The van der Waals surface area contributed by atoms with Gasteiger partial charge in [0, 0.05) is 17.5 Å². The molecule has 3 aliphatic heterocycles. The summed E-state index contributed by atoms with van der Waals surface area (Å²) in [4.78, 5) is 43.8. The minimum Gasteiger partial charge on any atom is -0.394 e. The van der Waals surface area contributed by atoms with Gasteiger partial charge in [0.2, 0.25) is 17.7 Å². The van der Waals surface area contributed by atoms with Gasteiger partial charge in [0.15, 0.2) is 0 Å². The van der Waals surface area contributed by atoms with E-state index in [4.69, 9.17) is 0 Å². The zero-order chi connectivity index (χ0) is 27.9. The third-order valence-corrected chi connectivity index (χ3v) is 11.0. The highest BCUT2D eigenvalue weighted by atomic mass is 32.2. The summed E-state index contributed by atoms with van der Waals surface area (Å²) in [5, 5.41) is 16.7. The second kappa shape index (κ2) is 11.0. The van der Waals surface area contributed by atoms with Crippen molar-refractivity contribution in [3.8, 4) is 0 Å². The fourth-order valence-corrected chi connectivity index (χ4v) is 9.04. The Morgan fingerprint density at radius 3 is 2.59 bits per heavy atom. The van der Waals surface area contributed by atoms with Crippen LogP contribution in [0.3, 0.4) is 0 Å². The zero-order valence-corrected chi connectivity index (χ0v) is 24.0. The molecule has 3 fully saturated rings. The number of likely N-dealkylation sites (tertiary alicyclic amines) is 1. The second-order valence-corrected chi connectivity index (χ2v) is 13.0. The molecule has 3 saturated heterocycles. The van der Waals surface area contributed by atoms with Crippen molar-refractivity contribution in [2.24, 2.45) is 17.8 Å². The summed E-state index contributed by atoms with van der Waals surface area (Å²) in [5.74, 6) is -1.64. The lowest BCUT2D eigenvalue weighted by Gasteiger charge is -2.39. The number of anilines is 1. The third kappa shape index (κ3) is 4.76. The molecule has 7 nitrogen and oxygen atoms in total. The molecule has 0 radical (unpaired) electrons. The van der Waals surface area contributed by atoms with Crippen LogP contribution in [-0.2, 0) is 20.9 Å². The number of aryl methyl sites for hydroxylation is 2. The number of hydrogen-bond donors (Lipinski definition) is 3. The second-order valence-electron chi connectivity index (χ2n) is 11.4. The number of thioether (sulfide) groups is 1. The predicted octanol–water partition coefficient (Wildman–Crippen LogP) is 4.06. The molecule has 8 heteroatoms. The van der Waals surface area contributed by atoms with Crippen LogP contribution in [0.2, 0.25) is 0 Å². The van der Waals surface area contributed by atoms with Crippen LogP contribution in [0, 0.1) is 31.6 Å². The SMILES string of the molecule is CC[C@H](C)[C@H](CO)N1C(=O)[C@@H]2[C@@H](C(=O)NCc3ccccc3)[C@H]3CCC2(S3)C1C(=O)Nc1cc(C)ccc1C. The van der Waals surface area contributed by atoms with Gasteiger partial charge in [-0.2, -0.15) is 0 Å². The number of aliphatic hydroxyl groups excluding tert-OH is 1. The zero-order valence-electron chi connectivity index (χ0n) is 23.1. The van der Waals surface area contributed by atoms with Gasteiger partial charge >= 0.3 is 0 Å². The Morgan fingerprint density at radius 2 is 1.90 bits per heavy atom. The highest BCUT2D eigenvalue weighted by molar-refractivity contribution is 8.02. The van der Waals surface area contributed by atoms with E-state index in [2.05, 4.69) is 10.6 Å². The van der Waals surface area contributed by atoms with Gasteiger partial charge in [-0.3, -0.25) is 14.4 Å². The number of rotatable bonds is 9. The summed E-state index contributed by atoms with van der Waals surface area (Å²) in [6, 6.07) is 14.4. The average Bonchev–Trinajstić information content (AvgIpc) is 3.58. The van der Waals surface area contributed by atoms with Gasteiger partial charge in [-0.1, -0.05) is 62.7 Å². The van der Waals surface area contributed by atoms with Gasteiger partial charge in [0.1, 0.15) is 6.04 Å². The van der Waals surface area contributed by atoms with E-state index in [1.807, 2.05) is 76.2 Å². The van der Waals surface area contributed by atoms with Crippen molar-refractivity contribution in [3.63, 3.8) is 0 Å². The molecule has 0 aromatic heterocycles. The van der Waals surface area contributed by atoms with Gasteiger partial charge in [0.25, 0.3) is 0 Å². The van der Waals surface area contributed by atoms with E-state index >= 15 is 0 Å². The van der Waals surface area contributed by atoms with Crippen molar-refractivity contribution in [1.29, 1.82) is 0 Å². The lowest BCUT2D eigenvalue weighted by molar-refractivity contribution is -0.143. The van der Waals surface area contributed by atoms with E-state index in [9.17, 15) is 19.5 Å².